The van der Waals surface area contributed by atoms with E-state index in [9.17, 15) is 4.79 Å². The molecular formula is C18H32N2O2. The standard InChI is InChI=1S/C18H32N2O2/c1-2-17(14-5-3-4-6-14)19-15-9-16(10-15)20(12-18(21)22)11-13-7-8-13/h13-17,19H,2-12H2,1H3,(H,21,22). The van der Waals surface area contributed by atoms with Crippen LogP contribution in [-0.4, -0.2) is 47.2 Å². The highest BCUT2D eigenvalue weighted by atomic mass is 16.4. The van der Waals surface area contributed by atoms with Gasteiger partial charge < -0.3 is 10.4 Å². The van der Waals surface area contributed by atoms with Gasteiger partial charge in [0.2, 0.25) is 0 Å². The lowest BCUT2D eigenvalue weighted by Crippen LogP contribution is -2.56. The topological polar surface area (TPSA) is 52.6 Å². The minimum atomic E-state index is -0.672. The van der Waals surface area contributed by atoms with Crippen LogP contribution in [0.2, 0.25) is 0 Å². The number of carboxylic acids is 1. The molecule has 3 saturated carbocycles. The third-order valence-corrected chi connectivity index (χ3v) is 6.02. The van der Waals surface area contributed by atoms with Crippen LogP contribution in [0, 0.1) is 11.8 Å². The van der Waals surface area contributed by atoms with Gasteiger partial charge in [0.05, 0.1) is 6.54 Å². The van der Waals surface area contributed by atoms with E-state index in [1.807, 2.05) is 0 Å². The van der Waals surface area contributed by atoms with Gasteiger partial charge in [-0.2, -0.15) is 0 Å². The van der Waals surface area contributed by atoms with Crippen molar-refractivity contribution in [2.45, 2.75) is 82.8 Å². The molecule has 3 rings (SSSR count). The second-order valence-corrected chi connectivity index (χ2v) is 7.81. The summed E-state index contributed by atoms with van der Waals surface area (Å²) in [6.45, 7) is 3.53. The van der Waals surface area contributed by atoms with Crippen LogP contribution in [0.4, 0.5) is 0 Å². The van der Waals surface area contributed by atoms with Gasteiger partial charge in [-0.15, -0.1) is 0 Å². The predicted molar refractivity (Wildman–Crippen MR) is 87.9 cm³/mol. The number of rotatable bonds is 9. The second-order valence-electron chi connectivity index (χ2n) is 7.81. The normalized spacial score (nSPS) is 30.5. The summed E-state index contributed by atoms with van der Waals surface area (Å²) < 4.78 is 0. The third-order valence-electron chi connectivity index (χ3n) is 6.02. The molecule has 0 bridgehead atoms. The Morgan fingerprint density at radius 3 is 2.45 bits per heavy atom. The summed E-state index contributed by atoms with van der Waals surface area (Å²) in [5.41, 5.74) is 0. The van der Waals surface area contributed by atoms with E-state index in [0.29, 0.717) is 18.1 Å². The summed E-state index contributed by atoms with van der Waals surface area (Å²) >= 11 is 0. The van der Waals surface area contributed by atoms with Gasteiger partial charge in [0.25, 0.3) is 0 Å². The molecule has 0 amide bonds. The summed E-state index contributed by atoms with van der Waals surface area (Å²) in [6.07, 6.45) is 11.7. The fourth-order valence-corrected chi connectivity index (χ4v) is 4.42. The van der Waals surface area contributed by atoms with E-state index >= 15 is 0 Å². The van der Waals surface area contributed by atoms with Crippen molar-refractivity contribution >= 4 is 5.97 Å². The summed E-state index contributed by atoms with van der Waals surface area (Å²) in [6, 6.07) is 1.80. The second kappa shape index (κ2) is 7.31. The molecule has 1 unspecified atom stereocenters. The van der Waals surface area contributed by atoms with Gasteiger partial charge in [0, 0.05) is 24.7 Å². The Morgan fingerprint density at radius 1 is 1.23 bits per heavy atom. The van der Waals surface area contributed by atoms with Crippen LogP contribution in [0.5, 0.6) is 0 Å². The largest absolute Gasteiger partial charge is 0.480 e. The van der Waals surface area contributed by atoms with Gasteiger partial charge >= 0.3 is 5.97 Å². The molecule has 126 valence electrons. The van der Waals surface area contributed by atoms with Crippen molar-refractivity contribution in [3.8, 4) is 0 Å². The molecule has 3 aliphatic rings. The van der Waals surface area contributed by atoms with Crippen molar-refractivity contribution in [1.29, 1.82) is 0 Å². The quantitative estimate of drug-likeness (QED) is 0.688. The molecule has 0 aliphatic heterocycles. The van der Waals surface area contributed by atoms with E-state index in [-0.39, 0.29) is 6.54 Å². The van der Waals surface area contributed by atoms with Crippen molar-refractivity contribution in [3.63, 3.8) is 0 Å². The third kappa shape index (κ3) is 4.23. The minimum absolute atomic E-state index is 0.230. The van der Waals surface area contributed by atoms with Crippen molar-refractivity contribution in [2.75, 3.05) is 13.1 Å². The Labute approximate surface area is 134 Å². The highest BCUT2D eigenvalue weighted by molar-refractivity contribution is 5.69. The Morgan fingerprint density at radius 2 is 1.91 bits per heavy atom. The molecule has 3 fully saturated rings. The van der Waals surface area contributed by atoms with Crippen molar-refractivity contribution in [2.24, 2.45) is 11.8 Å². The number of nitrogens with zero attached hydrogens (tertiary/aromatic N) is 1. The highest BCUT2D eigenvalue weighted by Crippen LogP contribution is 2.35. The van der Waals surface area contributed by atoms with Crippen LogP contribution in [-0.2, 0) is 4.79 Å². The van der Waals surface area contributed by atoms with E-state index in [4.69, 9.17) is 5.11 Å². The summed E-state index contributed by atoms with van der Waals surface area (Å²) in [5.74, 6) is 0.980. The maximum atomic E-state index is 11.1. The number of carbonyl (C=O) groups is 1. The first-order chi connectivity index (χ1) is 10.7. The molecule has 22 heavy (non-hydrogen) atoms. The molecule has 1 atom stereocenters. The van der Waals surface area contributed by atoms with E-state index in [1.54, 1.807) is 0 Å². The molecule has 0 aromatic carbocycles. The lowest BCUT2D eigenvalue weighted by molar-refractivity contribution is -0.139. The summed E-state index contributed by atoms with van der Waals surface area (Å²) in [5, 5.41) is 13.0. The lowest BCUT2D eigenvalue weighted by atomic mass is 9.83. The summed E-state index contributed by atoms with van der Waals surface area (Å²) in [7, 11) is 0. The van der Waals surface area contributed by atoms with Crippen LogP contribution in [0.25, 0.3) is 0 Å². The molecular weight excluding hydrogens is 276 g/mol. The average molecular weight is 308 g/mol. The Bertz CT molecular complexity index is 371. The predicted octanol–water partition coefficient (Wildman–Crippen LogP) is 2.87. The smallest absolute Gasteiger partial charge is 0.317 e. The molecule has 0 saturated heterocycles. The van der Waals surface area contributed by atoms with Crippen LogP contribution >= 0.6 is 0 Å². The van der Waals surface area contributed by atoms with Gasteiger partial charge in [0.1, 0.15) is 0 Å². The summed E-state index contributed by atoms with van der Waals surface area (Å²) in [4.78, 5) is 13.3. The molecule has 0 aromatic rings. The zero-order chi connectivity index (χ0) is 15.5. The van der Waals surface area contributed by atoms with Gasteiger partial charge in [-0.25, -0.2) is 0 Å². The van der Waals surface area contributed by atoms with Gasteiger partial charge in [0.15, 0.2) is 0 Å². The molecule has 4 heteroatoms. The highest BCUT2D eigenvalue weighted by Gasteiger charge is 2.38. The van der Waals surface area contributed by atoms with Crippen LogP contribution in [0.1, 0.15) is 64.7 Å². The van der Waals surface area contributed by atoms with Gasteiger partial charge in [-0.3, -0.25) is 9.69 Å². The Hall–Kier alpha value is -0.610. The first kappa shape index (κ1) is 16.3. The molecule has 0 radical (unpaired) electrons. The maximum absolute atomic E-state index is 11.1. The fraction of sp³-hybridized carbons (Fsp3) is 0.944. The van der Waals surface area contributed by atoms with Crippen LogP contribution in [0.3, 0.4) is 0 Å². The van der Waals surface area contributed by atoms with Crippen LogP contribution in [0.15, 0.2) is 0 Å². The molecule has 2 N–H and O–H groups in total. The molecule has 3 aliphatic carbocycles. The number of carboxylic acid groups (broad SMARTS) is 1. The van der Waals surface area contributed by atoms with Crippen molar-refractivity contribution in [3.05, 3.63) is 0 Å². The SMILES string of the molecule is CCC(NC1CC(N(CC(=O)O)CC2CC2)C1)C1CCCC1. The Kier molecular flexibility index (Phi) is 5.40. The molecule has 4 nitrogen and oxygen atoms in total. The van der Waals surface area contributed by atoms with E-state index in [1.165, 1.54) is 44.9 Å². The number of hydrogen-bond donors (Lipinski definition) is 2. The lowest BCUT2D eigenvalue weighted by Gasteiger charge is -2.45. The minimum Gasteiger partial charge on any atom is -0.480 e. The van der Waals surface area contributed by atoms with Crippen molar-refractivity contribution in [1.82, 2.24) is 10.2 Å². The van der Waals surface area contributed by atoms with Gasteiger partial charge in [-0.1, -0.05) is 19.8 Å². The van der Waals surface area contributed by atoms with Crippen LogP contribution < -0.4 is 5.32 Å². The first-order valence-electron chi connectivity index (χ1n) is 9.37. The number of nitrogens with one attached hydrogen (secondary N) is 1. The molecule has 0 spiro atoms. The fourth-order valence-electron chi connectivity index (χ4n) is 4.42. The number of aliphatic carboxylic acids is 1. The maximum Gasteiger partial charge on any atom is 0.317 e. The molecule has 0 aromatic heterocycles. The van der Waals surface area contributed by atoms with E-state index in [2.05, 4.69) is 17.1 Å². The van der Waals surface area contributed by atoms with Crippen molar-refractivity contribution < 1.29 is 9.90 Å². The molecule has 0 heterocycles. The Balaban J connectivity index is 1.43. The zero-order valence-corrected chi connectivity index (χ0v) is 14.0. The van der Waals surface area contributed by atoms with Gasteiger partial charge in [-0.05, 0) is 56.8 Å². The first-order valence-corrected chi connectivity index (χ1v) is 9.37. The number of hydrogen-bond acceptors (Lipinski definition) is 3. The zero-order valence-electron chi connectivity index (χ0n) is 14.0. The van der Waals surface area contributed by atoms with E-state index in [0.717, 1.165) is 31.2 Å². The van der Waals surface area contributed by atoms with E-state index < -0.39 is 5.97 Å². The average Bonchev–Trinajstić information content (AvgIpc) is 3.08. The monoisotopic (exact) mass is 308 g/mol.